The monoisotopic (exact) mass is 393 g/mol. The number of hydrogen-bond donors (Lipinski definition) is 1. The van der Waals surface area contributed by atoms with Crippen molar-refractivity contribution in [3.8, 4) is 6.07 Å². The Hall–Kier alpha value is -2.75. The molecule has 0 unspecified atom stereocenters. The summed E-state index contributed by atoms with van der Waals surface area (Å²) >= 11 is 12.4. The van der Waals surface area contributed by atoms with Crippen molar-refractivity contribution in [3.05, 3.63) is 81.8 Å². The molecule has 1 heterocycles. The third-order valence-electron chi connectivity index (χ3n) is 3.57. The lowest BCUT2D eigenvalue weighted by Gasteiger charge is -2.18. The van der Waals surface area contributed by atoms with Gasteiger partial charge in [0, 0.05) is 12.3 Å². The Kier molecular flexibility index (Phi) is 5.31. The van der Waals surface area contributed by atoms with Gasteiger partial charge in [-0.05, 0) is 30.3 Å². The summed E-state index contributed by atoms with van der Waals surface area (Å²) in [5.41, 5.74) is 0.761. The zero-order valence-corrected chi connectivity index (χ0v) is 14.7. The van der Waals surface area contributed by atoms with E-state index in [0.717, 1.165) is 12.1 Å². The molecule has 132 valence electrons. The Morgan fingerprint density at radius 2 is 1.92 bits per heavy atom. The van der Waals surface area contributed by atoms with E-state index in [1.54, 1.807) is 23.1 Å². The van der Waals surface area contributed by atoms with Gasteiger partial charge in [0.2, 0.25) is 0 Å². The number of nitriles is 1. The predicted molar refractivity (Wildman–Crippen MR) is 96.7 cm³/mol. The molecule has 0 saturated heterocycles. The molecule has 8 heteroatoms. The first-order valence-electron chi connectivity index (χ1n) is 7.38. The fourth-order valence-corrected chi connectivity index (χ4v) is 2.98. The van der Waals surface area contributed by atoms with E-state index in [0.29, 0.717) is 15.7 Å². The minimum atomic E-state index is -0.735. The van der Waals surface area contributed by atoms with Crippen LogP contribution in [0.5, 0.6) is 0 Å². The maximum absolute atomic E-state index is 13.6. The van der Waals surface area contributed by atoms with Gasteiger partial charge >= 0.3 is 0 Å². The van der Waals surface area contributed by atoms with Crippen LogP contribution in [0.2, 0.25) is 10.0 Å². The normalized spacial score (nSPS) is 13.9. The average Bonchev–Trinajstić information content (AvgIpc) is 2.99. The number of benzene rings is 2. The molecular formula is C18H11Cl2F2N3O. The quantitative estimate of drug-likeness (QED) is 0.752. The molecule has 1 N–H and O–H groups in total. The molecule has 0 radical (unpaired) electrons. The van der Waals surface area contributed by atoms with E-state index in [-0.39, 0.29) is 23.9 Å². The molecule has 0 aliphatic carbocycles. The molecular weight excluding hydrogens is 383 g/mol. The summed E-state index contributed by atoms with van der Waals surface area (Å²) in [6.45, 7) is 0.0525. The summed E-state index contributed by atoms with van der Waals surface area (Å²) in [5.74, 6) is -1.14. The van der Waals surface area contributed by atoms with Crippen molar-refractivity contribution < 1.29 is 13.5 Å². The molecule has 0 saturated carbocycles. The van der Waals surface area contributed by atoms with Gasteiger partial charge in [0.15, 0.2) is 18.2 Å². The van der Waals surface area contributed by atoms with Crippen molar-refractivity contribution in [2.45, 2.75) is 0 Å². The van der Waals surface area contributed by atoms with E-state index in [1.165, 1.54) is 18.3 Å². The number of nitrogens with zero attached hydrogens (tertiary/aromatic N) is 2. The number of nitrogens with one attached hydrogen (secondary N) is 1. The van der Waals surface area contributed by atoms with Crippen LogP contribution in [0.25, 0.3) is 0 Å². The van der Waals surface area contributed by atoms with Crippen LogP contribution in [-0.2, 0) is 4.74 Å². The van der Waals surface area contributed by atoms with Crippen molar-refractivity contribution in [2.24, 2.45) is 0 Å². The summed E-state index contributed by atoms with van der Waals surface area (Å²) < 4.78 is 32.0. The standard InChI is InChI=1S/C18H11Cl2F2N3O/c19-12-2-1-3-13(20)18(12)25-10-26-17(16(25)9-23)6-7-24-15-5-4-11(21)8-14(15)22/h1-8,24H,10H2. The minimum Gasteiger partial charge on any atom is -0.470 e. The molecule has 0 atom stereocenters. The Balaban J connectivity index is 1.84. The summed E-state index contributed by atoms with van der Waals surface area (Å²) in [5, 5.41) is 12.9. The van der Waals surface area contributed by atoms with Gasteiger partial charge in [-0.15, -0.1) is 0 Å². The SMILES string of the molecule is N#CC1=C(C=CNc2ccc(F)cc2F)OCN1c1c(Cl)cccc1Cl. The summed E-state index contributed by atoms with van der Waals surface area (Å²) in [4.78, 5) is 1.54. The Morgan fingerprint density at radius 3 is 2.58 bits per heavy atom. The molecule has 0 bridgehead atoms. The summed E-state index contributed by atoms with van der Waals surface area (Å²) in [7, 11) is 0. The highest BCUT2D eigenvalue weighted by Gasteiger charge is 2.27. The number of halogens is 4. The Bertz CT molecular complexity index is 934. The van der Waals surface area contributed by atoms with Gasteiger partial charge < -0.3 is 10.1 Å². The van der Waals surface area contributed by atoms with Crippen LogP contribution in [0, 0.1) is 23.0 Å². The number of allylic oxidation sites excluding steroid dienone is 2. The molecule has 0 fully saturated rings. The topological polar surface area (TPSA) is 48.3 Å². The van der Waals surface area contributed by atoms with E-state index >= 15 is 0 Å². The van der Waals surface area contributed by atoms with E-state index in [9.17, 15) is 14.0 Å². The fourth-order valence-electron chi connectivity index (χ4n) is 2.38. The maximum atomic E-state index is 13.6. The lowest BCUT2D eigenvalue weighted by Crippen LogP contribution is -2.19. The lowest BCUT2D eigenvalue weighted by atomic mass is 10.2. The molecule has 0 aromatic heterocycles. The second-order valence-electron chi connectivity index (χ2n) is 5.20. The summed E-state index contributed by atoms with van der Waals surface area (Å²) in [6, 6.07) is 10.2. The highest BCUT2D eigenvalue weighted by atomic mass is 35.5. The first-order valence-corrected chi connectivity index (χ1v) is 8.13. The second kappa shape index (κ2) is 7.65. The maximum Gasteiger partial charge on any atom is 0.166 e. The van der Waals surface area contributed by atoms with Gasteiger partial charge in [-0.3, -0.25) is 4.90 Å². The molecule has 4 nitrogen and oxygen atoms in total. The fraction of sp³-hybridized carbons (Fsp3) is 0.0556. The molecule has 0 spiro atoms. The van der Waals surface area contributed by atoms with E-state index < -0.39 is 11.6 Å². The van der Waals surface area contributed by atoms with Crippen LogP contribution in [0.15, 0.2) is 60.1 Å². The first kappa shape index (κ1) is 18.1. The van der Waals surface area contributed by atoms with E-state index in [4.69, 9.17) is 27.9 Å². The molecule has 26 heavy (non-hydrogen) atoms. The predicted octanol–water partition coefficient (Wildman–Crippen LogP) is 5.43. The van der Waals surface area contributed by atoms with E-state index in [1.807, 2.05) is 6.07 Å². The molecule has 0 amide bonds. The van der Waals surface area contributed by atoms with Crippen LogP contribution in [0.3, 0.4) is 0 Å². The smallest absolute Gasteiger partial charge is 0.166 e. The zero-order chi connectivity index (χ0) is 18.7. The van der Waals surface area contributed by atoms with Gasteiger partial charge in [-0.2, -0.15) is 5.26 Å². The third-order valence-corrected chi connectivity index (χ3v) is 4.18. The van der Waals surface area contributed by atoms with Gasteiger partial charge in [0.25, 0.3) is 0 Å². The van der Waals surface area contributed by atoms with Crippen molar-refractivity contribution in [2.75, 3.05) is 16.9 Å². The van der Waals surface area contributed by atoms with Crippen molar-refractivity contribution in [1.29, 1.82) is 5.26 Å². The third kappa shape index (κ3) is 3.59. The van der Waals surface area contributed by atoms with Crippen LogP contribution in [-0.4, -0.2) is 6.73 Å². The van der Waals surface area contributed by atoms with Gasteiger partial charge in [-0.1, -0.05) is 29.3 Å². The van der Waals surface area contributed by atoms with Crippen molar-refractivity contribution >= 4 is 34.6 Å². The van der Waals surface area contributed by atoms with E-state index in [2.05, 4.69) is 5.32 Å². The number of ether oxygens (including phenoxy) is 1. The van der Waals surface area contributed by atoms with Gasteiger partial charge in [0.05, 0.1) is 21.4 Å². The molecule has 2 aromatic carbocycles. The van der Waals surface area contributed by atoms with Crippen molar-refractivity contribution in [1.82, 2.24) is 0 Å². The number of para-hydroxylation sites is 1. The van der Waals surface area contributed by atoms with Crippen molar-refractivity contribution in [3.63, 3.8) is 0 Å². The Labute approximate surface area is 158 Å². The molecule has 2 aromatic rings. The molecule has 1 aliphatic heterocycles. The highest BCUT2D eigenvalue weighted by Crippen LogP contribution is 2.38. The highest BCUT2D eigenvalue weighted by molar-refractivity contribution is 6.39. The van der Waals surface area contributed by atoms with Crippen LogP contribution >= 0.6 is 23.2 Å². The van der Waals surface area contributed by atoms with Crippen LogP contribution in [0.1, 0.15) is 0 Å². The Morgan fingerprint density at radius 1 is 1.19 bits per heavy atom. The molecule has 1 aliphatic rings. The van der Waals surface area contributed by atoms with Crippen LogP contribution in [0.4, 0.5) is 20.2 Å². The van der Waals surface area contributed by atoms with Gasteiger partial charge in [-0.25, -0.2) is 8.78 Å². The second-order valence-corrected chi connectivity index (χ2v) is 6.01. The summed E-state index contributed by atoms with van der Waals surface area (Å²) in [6.07, 6.45) is 2.85. The number of anilines is 2. The first-order chi connectivity index (χ1) is 12.5. The average molecular weight is 394 g/mol. The lowest BCUT2D eigenvalue weighted by molar-refractivity contribution is 0.257. The largest absolute Gasteiger partial charge is 0.470 e. The zero-order valence-electron chi connectivity index (χ0n) is 13.1. The number of hydrogen-bond acceptors (Lipinski definition) is 4. The minimum absolute atomic E-state index is 0.0525. The van der Waals surface area contributed by atoms with Crippen LogP contribution < -0.4 is 10.2 Å². The van der Waals surface area contributed by atoms with Gasteiger partial charge in [0.1, 0.15) is 17.7 Å². The number of rotatable bonds is 4. The molecule has 3 rings (SSSR count).